The summed E-state index contributed by atoms with van der Waals surface area (Å²) in [6.45, 7) is 4.52. The molecule has 2 aromatic carbocycles. The molecule has 4 rings (SSSR count). The Morgan fingerprint density at radius 3 is 2.53 bits per heavy atom. The van der Waals surface area contributed by atoms with Crippen molar-refractivity contribution in [1.29, 1.82) is 0 Å². The van der Waals surface area contributed by atoms with Crippen molar-refractivity contribution in [2.45, 2.75) is 13.3 Å². The molecule has 34 heavy (non-hydrogen) atoms. The number of amides is 2. The van der Waals surface area contributed by atoms with Gasteiger partial charge in [0.2, 0.25) is 11.8 Å². The Morgan fingerprint density at radius 2 is 1.76 bits per heavy atom. The number of carbonyl (C=O) groups excluding carboxylic acids is 2. The molecule has 0 unspecified atom stereocenters. The fourth-order valence-electron chi connectivity index (χ4n) is 3.79. The molecule has 0 atom stereocenters. The van der Waals surface area contributed by atoms with Crippen molar-refractivity contribution in [3.8, 4) is 11.6 Å². The predicted octanol–water partition coefficient (Wildman–Crippen LogP) is 4.11. The topological polar surface area (TPSA) is 74.8 Å². The van der Waals surface area contributed by atoms with Crippen LogP contribution in [0.25, 0.3) is 0 Å². The Morgan fingerprint density at radius 1 is 1.00 bits per heavy atom. The predicted molar refractivity (Wildman–Crippen MR) is 127 cm³/mol. The zero-order chi connectivity index (χ0) is 23.9. The molecule has 0 bridgehead atoms. The summed E-state index contributed by atoms with van der Waals surface area (Å²) in [5, 5.41) is 2.78. The van der Waals surface area contributed by atoms with E-state index in [1.54, 1.807) is 23.2 Å². The van der Waals surface area contributed by atoms with Gasteiger partial charge in [-0.1, -0.05) is 17.7 Å². The minimum atomic E-state index is -0.351. The smallest absolute Gasteiger partial charge is 0.259 e. The molecule has 1 aliphatic rings. The number of hydrogen-bond donors (Lipinski definition) is 1. The Bertz CT molecular complexity index is 1140. The molecular formula is C26H27FN4O3. The maximum Gasteiger partial charge on any atom is 0.259 e. The number of carbonyl (C=O) groups is 2. The third kappa shape index (κ3) is 6.17. The zero-order valence-corrected chi connectivity index (χ0v) is 19.0. The van der Waals surface area contributed by atoms with E-state index in [-0.39, 0.29) is 30.1 Å². The van der Waals surface area contributed by atoms with Crippen molar-refractivity contribution >= 4 is 17.5 Å². The lowest BCUT2D eigenvalue weighted by Gasteiger charge is -2.22. The number of rotatable bonds is 6. The summed E-state index contributed by atoms with van der Waals surface area (Å²) >= 11 is 0. The number of aromatic nitrogens is 1. The van der Waals surface area contributed by atoms with Gasteiger partial charge < -0.3 is 15.0 Å². The number of hydrogen-bond acceptors (Lipinski definition) is 5. The summed E-state index contributed by atoms with van der Waals surface area (Å²) < 4.78 is 19.0. The second kappa shape index (κ2) is 10.9. The summed E-state index contributed by atoms with van der Waals surface area (Å²) in [6, 6.07) is 16.7. The Balaban J connectivity index is 1.36. The highest BCUT2D eigenvalue weighted by Gasteiger charge is 2.24. The third-order valence-corrected chi connectivity index (χ3v) is 5.61. The molecule has 2 amide bonds. The molecule has 3 aromatic rings. The maximum absolute atomic E-state index is 13.3. The zero-order valence-electron chi connectivity index (χ0n) is 19.0. The number of benzene rings is 2. The normalized spacial score (nSPS) is 14.4. The first-order valence-electron chi connectivity index (χ1n) is 11.2. The average molecular weight is 463 g/mol. The van der Waals surface area contributed by atoms with Crippen LogP contribution < -0.4 is 10.1 Å². The molecule has 1 saturated heterocycles. The standard InChI is InChI=1S/C26H27FN4O3/c1-19-5-11-22(12-6-19)34-25-23(4-2-13-28-25)26(33)31-15-3-14-30(16-17-31)18-24(32)29-21-9-7-20(27)8-10-21/h2,4-13H,3,14-18H2,1H3,(H,29,32). The van der Waals surface area contributed by atoms with Gasteiger partial charge in [0.25, 0.3) is 5.91 Å². The summed E-state index contributed by atoms with van der Waals surface area (Å²) in [4.78, 5) is 33.8. The van der Waals surface area contributed by atoms with Crippen LogP contribution >= 0.6 is 0 Å². The first-order chi connectivity index (χ1) is 16.5. The highest BCUT2D eigenvalue weighted by atomic mass is 19.1. The molecular weight excluding hydrogens is 435 g/mol. The fourth-order valence-corrected chi connectivity index (χ4v) is 3.79. The van der Waals surface area contributed by atoms with Crippen LogP contribution in [0, 0.1) is 12.7 Å². The van der Waals surface area contributed by atoms with E-state index in [9.17, 15) is 14.0 Å². The Labute approximate surface area is 198 Å². The van der Waals surface area contributed by atoms with E-state index in [1.807, 2.05) is 36.1 Å². The number of anilines is 1. The molecule has 1 fully saturated rings. The molecule has 8 heteroatoms. The molecule has 0 aliphatic carbocycles. The number of ether oxygens (including phenoxy) is 1. The van der Waals surface area contributed by atoms with E-state index in [4.69, 9.17) is 4.74 Å². The summed E-state index contributed by atoms with van der Waals surface area (Å²) in [7, 11) is 0. The van der Waals surface area contributed by atoms with Crippen molar-refractivity contribution in [3.63, 3.8) is 0 Å². The minimum absolute atomic E-state index is 0.146. The lowest BCUT2D eigenvalue weighted by atomic mass is 10.2. The van der Waals surface area contributed by atoms with E-state index in [0.717, 1.165) is 12.0 Å². The largest absolute Gasteiger partial charge is 0.438 e. The van der Waals surface area contributed by atoms with Crippen molar-refractivity contribution in [2.24, 2.45) is 0 Å². The second-order valence-electron chi connectivity index (χ2n) is 8.25. The van der Waals surface area contributed by atoms with Gasteiger partial charge in [-0.15, -0.1) is 0 Å². The van der Waals surface area contributed by atoms with Crippen molar-refractivity contribution in [2.75, 3.05) is 38.0 Å². The van der Waals surface area contributed by atoms with Crippen LogP contribution in [-0.2, 0) is 4.79 Å². The van der Waals surface area contributed by atoms with E-state index >= 15 is 0 Å². The summed E-state index contributed by atoms with van der Waals surface area (Å²) in [5.41, 5.74) is 2.08. The highest BCUT2D eigenvalue weighted by molar-refractivity contribution is 5.96. The number of nitrogens with one attached hydrogen (secondary N) is 1. The van der Waals surface area contributed by atoms with Crippen molar-refractivity contribution in [1.82, 2.24) is 14.8 Å². The highest BCUT2D eigenvalue weighted by Crippen LogP contribution is 2.24. The van der Waals surface area contributed by atoms with Crippen LogP contribution in [0.15, 0.2) is 66.9 Å². The van der Waals surface area contributed by atoms with Gasteiger partial charge in [0.05, 0.1) is 6.54 Å². The van der Waals surface area contributed by atoms with Gasteiger partial charge in [-0.25, -0.2) is 9.37 Å². The number of aryl methyl sites for hydroxylation is 1. The molecule has 176 valence electrons. The van der Waals surface area contributed by atoms with Crippen LogP contribution in [0.1, 0.15) is 22.3 Å². The lowest BCUT2D eigenvalue weighted by molar-refractivity contribution is -0.117. The van der Waals surface area contributed by atoms with E-state index in [1.165, 1.54) is 24.3 Å². The lowest BCUT2D eigenvalue weighted by Crippen LogP contribution is -2.38. The molecule has 0 spiro atoms. The summed E-state index contributed by atoms with van der Waals surface area (Å²) in [6.07, 6.45) is 2.34. The molecule has 1 aromatic heterocycles. The molecule has 0 saturated carbocycles. The molecule has 2 heterocycles. The molecule has 1 N–H and O–H groups in total. The van der Waals surface area contributed by atoms with E-state index in [0.29, 0.717) is 43.2 Å². The first-order valence-corrected chi connectivity index (χ1v) is 11.2. The molecule has 1 aliphatic heterocycles. The van der Waals surface area contributed by atoms with Crippen LogP contribution in [0.4, 0.5) is 10.1 Å². The van der Waals surface area contributed by atoms with Gasteiger partial charge in [-0.05, 0) is 61.9 Å². The summed E-state index contributed by atoms with van der Waals surface area (Å²) in [5.74, 6) is 0.222. The maximum atomic E-state index is 13.3. The van der Waals surface area contributed by atoms with Gasteiger partial charge in [0.1, 0.15) is 17.1 Å². The van der Waals surface area contributed by atoms with Crippen molar-refractivity contribution in [3.05, 3.63) is 83.8 Å². The van der Waals surface area contributed by atoms with Gasteiger partial charge in [0, 0.05) is 38.1 Å². The van der Waals surface area contributed by atoms with Crippen LogP contribution in [0.5, 0.6) is 11.6 Å². The number of pyridine rings is 1. The van der Waals surface area contributed by atoms with Gasteiger partial charge >= 0.3 is 0 Å². The van der Waals surface area contributed by atoms with E-state index in [2.05, 4.69) is 10.3 Å². The van der Waals surface area contributed by atoms with Crippen LogP contribution in [0.2, 0.25) is 0 Å². The van der Waals surface area contributed by atoms with Gasteiger partial charge in [-0.3, -0.25) is 14.5 Å². The second-order valence-corrected chi connectivity index (χ2v) is 8.25. The van der Waals surface area contributed by atoms with Gasteiger partial charge in [0.15, 0.2) is 0 Å². The quantitative estimate of drug-likeness (QED) is 0.597. The van der Waals surface area contributed by atoms with Crippen LogP contribution in [0.3, 0.4) is 0 Å². The van der Waals surface area contributed by atoms with Crippen molar-refractivity contribution < 1.29 is 18.7 Å². The monoisotopic (exact) mass is 462 g/mol. The van der Waals surface area contributed by atoms with Crippen LogP contribution in [-0.4, -0.2) is 59.3 Å². The Hall–Kier alpha value is -3.78. The third-order valence-electron chi connectivity index (χ3n) is 5.61. The molecule has 7 nitrogen and oxygen atoms in total. The number of halogens is 1. The SMILES string of the molecule is Cc1ccc(Oc2ncccc2C(=O)N2CCCN(CC(=O)Nc3ccc(F)cc3)CC2)cc1. The first kappa shape index (κ1) is 23.4. The average Bonchev–Trinajstić information content (AvgIpc) is 3.07. The molecule has 0 radical (unpaired) electrons. The minimum Gasteiger partial charge on any atom is -0.438 e. The fraction of sp³-hybridized carbons (Fsp3) is 0.269. The number of nitrogens with zero attached hydrogens (tertiary/aromatic N) is 3. The van der Waals surface area contributed by atoms with E-state index < -0.39 is 0 Å². The van der Waals surface area contributed by atoms with Gasteiger partial charge in [-0.2, -0.15) is 0 Å². The Kier molecular flexibility index (Phi) is 7.49.